The van der Waals surface area contributed by atoms with Gasteiger partial charge in [0.15, 0.2) is 0 Å². The number of rotatable bonds is 6. The van der Waals surface area contributed by atoms with Gasteiger partial charge in [-0.1, -0.05) is 12.1 Å². The van der Waals surface area contributed by atoms with Crippen LogP contribution in [0.25, 0.3) is 11.3 Å². The van der Waals surface area contributed by atoms with Gasteiger partial charge in [0.05, 0.1) is 30.4 Å². The molecule has 3 rings (SSSR count). The van der Waals surface area contributed by atoms with Gasteiger partial charge in [0, 0.05) is 43.7 Å². The Labute approximate surface area is 154 Å². The zero-order valence-corrected chi connectivity index (χ0v) is 16.2. The summed E-state index contributed by atoms with van der Waals surface area (Å²) < 4.78 is 9.43. The molecule has 138 valence electrons. The molecule has 0 aliphatic carbocycles. The zero-order chi connectivity index (χ0) is 18.7. The molecule has 0 aliphatic rings. The van der Waals surface area contributed by atoms with E-state index in [1.54, 1.807) is 7.11 Å². The third kappa shape index (κ3) is 3.96. The summed E-state index contributed by atoms with van der Waals surface area (Å²) in [6, 6.07) is 8.05. The zero-order valence-electron chi connectivity index (χ0n) is 16.2. The summed E-state index contributed by atoms with van der Waals surface area (Å²) in [4.78, 5) is 4.16. The van der Waals surface area contributed by atoms with E-state index in [2.05, 4.69) is 43.3 Å². The molecule has 3 aromatic rings. The van der Waals surface area contributed by atoms with Crippen LogP contribution in [0.5, 0.6) is 5.75 Å². The number of aryl methyl sites for hydroxylation is 1. The van der Waals surface area contributed by atoms with Crippen LogP contribution >= 0.6 is 0 Å². The Morgan fingerprint density at radius 2 is 2.00 bits per heavy atom. The van der Waals surface area contributed by atoms with Crippen molar-refractivity contribution in [3.8, 4) is 17.0 Å². The summed E-state index contributed by atoms with van der Waals surface area (Å²) in [5, 5.41) is 8.37. The fourth-order valence-electron chi connectivity index (χ4n) is 2.78. The highest BCUT2D eigenvalue weighted by Crippen LogP contribution is 2.28. The summed E-state index contributed by atoms with van der Waals surface area (Å²) in [6.07, 6.45) is 5.83. The fourth-order valence-corrected chi connectivity index (χ4v) is 2.78. The van der Waals surface area contributed by atoms with Crippen molar-refractivity contribution in [3.05, 3.63) is 54.2 Å². The summed E-state index contributed by atoms with van der Waals surface area (Å²) in [7, 11) is 3.69. The van der Waals surface area contributed by atoms with E-state index >= 15 is 0 Å². The Hall–Kier alpha value is -2.60. The smallest absolute Gasteiger partial charge is 0.119 e. The van der Waals surface area contributed by atoms with E-state index in [-0.39, 0.29) is 5.54 Å². The molecule has 0 spiro atoms. The second-order valence-corrected chi connectivity index (χ2v) is 7.45. The van der Waals surface area contributed by atoms with Gasteiger partial charge in [0.1, 0.15) is 5.75 Å². The lowest BCUT2D eigenvalue weighted by Gasteiger charge is -2.18. The highest BCUT2D eigenvalue weighted by atomic mass is 16.5. The maximum atomic E-state index is 5.37. The largest absolute Gasteiger partial charge is 0.497 e. The quantitative estimate of drug-likeness (QED) is 0.738. The fraction of sp³-hybridized carbons (Fsp3) is 0.400. The van der Waals surface area contributed by atoms with E-state index < -0.39 is 0 Å². The van der Waals surface area contributed by atoms with Crippen molar-refractivity contribution in [1.29, 1.82) is 0 Å². The Kier molecular flexibility index (Phi) is 5.13. The van der Waals surface area contributed by atoms with E-state index in [0.29, 0.717) is 0 Å². The number of ether oxygens (including phenoxy) is 1. The van der Waals surface area contributed by atoms with Gasteiger partial charge < -0.3 is 14.6 Å². The minimum atomic E-state index is -0.0755. The maximum Gasteiger partial charge on any atom is 0.119 e. The third-order valence-corrected chi connectivity index (χ3v) is 4.36. The summed E-state index contributed by atoms with van der Waals surface area (Å²) in [5.74, 6) is 0.835. The molecule has 2 aromatic heterocycles. The molecule has 6 nitrogen and oxygen atoms in total. The maximum absolute atomic E-state index is 5.37. The van der Waals surface area contributed by atoms with Crippen molar-refractivity contribution < 1.29 is 4.74 Å². The average molecular weight is 353 g/mol. The lowest BCUT2D eigenvalue weighted by atomic mass is 10.1. The second kappa shape index (κ2) is 7.33. The molecule has 0 amide bonds. The number of hydrogen-bond acceptors (Lipinski definition) is 4. The Balaban J connectivity index is 1.87. The molecule has 0 saturated carbocycles. The average Bonchev–Trinajstić information content (AvgIpc) is 3.21. The SMILES string of the molecule is COc1cccc(-c2nn(C(C)(C)C)cc2CNCc2cncn2C)c1. The molecule has 0 unspecified atom stereocenters. The number of nitrogens with zero attached hydrogens (tertiary/aromatic N) is 4. The summed E-state index contributed by atoms with van der Waals surface area (Å²) in [5.41, 5.74) is 4.28. The molecular weight excluding hydrogens is 326 g/mol. The van der Waals surface area contributed by atoms with Gasteiger partial charge in [-0.3, -0.25) is 4.68 Å². The Morgan fingerprint density at radius 1 is 1.19 bits per heavy atom. The van der Waals surface area contributed by atoms with Crippen molar-refractivity contribution in [1.82, 2.24) is 24.6 Å². The summed E-state index contributed by atoms with van der Waals surface area (Å²) >= 11 is 0. The van der Waals surface area contributed by atoms with Crippen LogP contribution in [-0.2, 0) is 25.7 Å². The third-order valence-electron chi connectivity index (χ3n) is 4.36. The topological polar surface area (TPSA) is 56.9 Å². The van der Waals surface area contributed by atoms with Crippen molar-refractivity contribution in [2.75, 3.05) is 7.11 Å². The predicted molar refractivity (Wildman–Crippen MR) is 103 cm³/mol. The molecule has 0 aliphatic heterocycles. The highest BCUT2D eigenvalue weighted by molar-refractivity contribution is 5.64. The Bertz CT molecular complexity index is 872. The van der Waals surface area contributed by atoms with Crippen molar-refractivity contribution >= 4 is 0 Å². The molecule has 0 atom stereocenters. The van der Waals surface area contributed by atoms with Crippen molar-refractivity contribution in [3.63, 3.8) is 0 Å². The van der Waals surface area contributed by atoms with Gasteiger partial charge in [-0.25, -0.2) is 4.98 Å². The number of nitrogens with one attached hydrogen (secondary N) is 1. The highest BCUT2D eigenvalue weighted by Gasteiger charge is 2.19. The lowest BCUT2D eigenvalue weighted by Crippen LogP contribution is -2.22. The molecule has 2 heterocycles. The van der Waals surface area contributed by atoms with Crippen LogP contribution in [0, 0.1) is 0 Å². The van der Waals surface area contributed by atoms with Crippen molar-refractivity contribution in [2.24, 2.45) is 7.05 Å². The van der Waals surface area contributed by atoms with Gasteiger partial charge in [-0.15, -0.1) is 0 Å². The molecule has 6 heteroatoms. The van der Waals surface area contributed by atoms with Crippen LogP contribution in [0.15, 0.2) is 43.0 Å². The normalized spacial score (nSPS) is 11.7. The predicted octanol–water partition coefficient (Wildman–Crippen LogP) is 3.34. The monoisotopic (exact) mass is 353 g/mol. The van der Waals surface area contributed by atoms with E-state index in [4.69, 9.17) is 9.84 Å². The first-order chi connectivity index (χ1) is 12.4. The van der Waals surface area contributed by atoms with E-state index in [9.17, 15) is 0 Å². The summed E-state index contributed by atoms with van der Waals surface area (Å²) in [6.45, 7) is 7.95. The first-order valence-electron chi connectivity index (χ1n) is 8.78. The molecule has 0 saturated heterocycles. The van der Waals surface area contributed by atoms with Gasteiger partial charge in [0.25, 0.3) is 0 Å². The molecular formula is C20H27N5O. The lowest BCUT2D eigenvalue weighted by molar-refractivity contribution is 0.356. The standard InChI is InChI=1S/C20H27N5O/c1-20(2,3)25-13-16(10-21-11-17-12-22-14-24(17)4)19(23-25)15-7-6-8-18(9-15)26-5/h6-9,12-14,21H,10-11H2,1-5H3. The van der Waals surface area contributed by atoms with E-state index in [0.717, 1.165) is 41.4 Å². The first-order valence-corrected chi connectivity index (χ1v) is 8.78. The van der Waals surface area contributed by atoms with Crippen LogP contribution in [0.3, 0.4) is 0 Å². The molecule has 1 aromatic carbocycles. The number of aromatic nitrogens is 4. The van der Waals surface area contributed by atoms with Crippen LogP contribution in [0.2, 0.25) is 0 Å². The van der Waals surface area contributed by atoms with Crippen LogP contribution in [0.1, 0.15) is 32.0 Å². The van der Waals surface area contributed by atoms with Gasteiger partial charge >= 0.3 is 0 Å². The molecule has 0 bridgehead atoms. The van der Waals surface area contributed by atoms with Crippen LogP contribution < -0.4 is 10.1 Å². The number of benzene rings is 1. The van der Waals surface area contributed by atoms with Gasteiger partial charge in [-0.05, 0) is 32.9 Å². The van der Waals surface area contributed by atoms with Crippen LogP contribution in [-0.4, -0.2) is 26.4 Å². The minimum Gasteiger partial charge on any atom is -0.497 e. The minimum absolute atomic E-state index is 0.0755. The van der Waals surface area contributed by atoms with Crippen LogP contribution in [0.4, 0.5) is 0 Å². The van der Waals surface area contributed by atoms with Crippen molar-refractivity contribution in [2.45, 2.75) is 39.4 Å². The van der Waals surface area contributed by atoms with Gasteiger partial charge in [0.2, 0.25) is 0 Å². The molecule has 0 fully saturated rings. The molecule has 26 heavy (non-hydrogen) atoms. The molecule has 0 radical (unpaired) electrons. The van der Waals surface area contributed by atoms with E-state index in [1.165, 1.54) is 0 Å². The van der Waals surface area contributed by atoms with E-state index in [1.807, 2.05) is 47.0 Å². The Morgan fingerprint density at radius 3 is 2.65 bits per heavy atom. The van der Waals surface area contributed by atoms with Gasteiger partial charge in [-0.2, -0.15) is 5.10 Å². The number of methoxy groups -OCH3 is 1. The second-order valence-electron chi connectivity index (χ2n) is 7.45. The first kappa shape index (κ1) is 18.2. The molecule has 1 N–H and O–H groups in total. The number of imidazole rings is 1. The number of hydrogen-bond donors (Lipinski definition) is 1.